The molecule has 3 atom stereocenters. The molecular formula is C21H25FN2O2. The average Bonchev–Trinajstić information content (AvgIpc) is 3.43. The predicted molar refractivity (Wildman–Crippen MR) is 99.7 cm³/mol. The Bertz CT molecular complexity index is 761. The minimum Gasteiger partial charge on any atom is -0.497 e. The zero-order valence-electron chi connectivity index (χ0n) is 15.4. The van der Waals surface area contributed by atoms with E-state index < -0.39 is 0 Å². The molecule has 2 aromatic rings. The number of carbonyl (C=O) groups excluding carboxylic acids is 1. The summed E-state index contributed by atoms with van der Waals surface area (Å²) in [5.41, 5.74) is 2.13. The van der Waals surface area contributed by atoms with Gasteiger partial charge in [0.2, 0.25) is 5.91 Å². The third-order valence-corrected chi connectivity index (χ3v) is 5.00. The lowest BCUT2D eigenvalue weighted by Crippen LogP contribution is -2.35. The van der Waals surface area contributed by atoms with Gasteiger partial charge in [-0.15, -0.1) is 0 Å². The molecule has 0 bridgehead atoms. The SMILES string of the molecule is COc1cccc(C(CNC(=O)C2CC2c2ccc(F)cc2)N(C)C)c1. The van der Waals surface area contributed by atoms with Crippen LogP contribution in [0, 0.1) is 11.7 Å². The molecule has 138 valence electrons. The molecule has 3 rings (SSSR count). The van der Waals surface area contributed by atoms with Crippen molar-refractivity contribution < 1.29 is 13.9 Å². The van der Waals surface area contributed by atoms with Crippen LogP contribution < -0.4 is 10.1 Å². The Labute approximate surface area is 154 Å². The Morgan fingerprint density at radius 3 is 2.65 bits per heavy atom. The highest BCUT2D eigenvalue weighted by Crippen LogP contribution is 2.47. The van der Waals surface area contributed by atoms with Gasteiger partial charge in [0.25, 0.3) is 0 Å². The highest BCUT2D eigenvalue weighted by atomic mass is 19.1. The second-order valence-electron chi connectivity index (χ2n) is 7.00. The van der Waals surface area contributed by atoms with Crippen LogP contribution in [0.3, 0.4) is 0 Å². The number of nitrogens with one attached hydrogen (secondary N) is 1. The Morgan fingerprint density at radius 2 is 2.00 bits per heavy atom. The minimum absolute atomic E-state index is 0.0198. The molecule has 1 saturated carbocycles. The summed E-state index contributed by atoms with van der Waals surface area (Å²) >= 11 is 0. The fourth-order valence-corrected chi connectivity index (χ4v) is 3.34. The summed E-state index contributed by atoms with van der Waals surface area (Å²) in [6.07, 6.45) is 0.823. The van der Waals surface area contributed by atoms with Crippen LogP contribution in [-0.4, -0.2) is 38.6 Å². The van der Waals surface area contributed by atoms with Crippen molar-refractivity contribution in [3.8, 4) is 5.75 Å². The summed E-state index contributed by atoms with van der Waals surface area (Å²) in [5.74, 6) is 0.801. The van der Waals surface area contributed by atoms with E-state index in [1.807, 2.05) is 38.4 Å². The van der Waals surface area contributed by atoms with Crippen molar-refractivity contribution in [2.75, 3.05) is 27.7 Å². The quantitative estimate of drug-likeness (QED) is 0.827. The lowest BCUT2D eigenvalue weighted by molar-refractivity contribution is -0.122. The molecule has 5 heteroatoms. The molecule has 3 unspecified atom stereocenters. The topological polar surface area (TPSA) is 41.6 Å². The first-order chi connectivity index (χ1) is 12.5. The zero-order chi connectivity index (χ0) is 18.7. The maximum atomic E-state index is 13.0. The van der Waals surface area contributed by atoms with Crippen LogP contribution >= 0.6 is 0 Å². The first kappa shape index (κ1) is 18.4. The molecule has 1 amide bonds. The van der Waals surface area contributed by atoms with Crippen molar-refractivity contribution in [3.63, 3.8) is 0 Å². The van der Waals surface area contributed by atoms with Gasteiger partial charge < -0.3 is 15.0 Å². The lowest BCUT2D eigenvalue weighted by Gasteiger charge is -2.25. The number of nitrogens with zero attached hydrogens (tertiary/aromatic N) is 1. The molecule has 2 aromatic carbocycles. The number of hydrogen-bond acceptors (Lipinski definition) is 3. The van der Waals surface area contributed by atoms with Crippen molar-refractivity contribution in [2.45, 2.75) is 18.4 Å². The van der Waals surface area contributed by atoms with Crippen molar-refractivity contribution in [1.29, 1.82) is 0 Å². The number of ether oxygens (including phenoxy) is 1. The van der Waals surface area contributed by atoms with Crippen molar-refractivity contribution in [2.24, 2.45) is 5.92 Å². The van der Waals surface area contributed by atoms with Gasteiger partial charge >= 0.3 is 0 Å². The van der Waals surface area contributed by atoms with E-state index in [4.69, 9.17) is 4.74 Å². The average molecular weight is 356 g/mol. The van der Waals surface area contributed by atoms with Crippen LogP contribution in [0.25, 0.3) is 0 Å². The lowest BCUT2D eigenvalue weighted by atomic mass is 10.1. The number of methoxy groups -OCH3 is 1. The Hall–Kier alpha value is -2.40. The first-order valence-corrected chi connectivity index (χ1v) is 8.83. The van der Waals surface area contributed by atoms with Crippen molar-refractivity contribution in [3.05, 3.63) is 65.5 Å². The molecule has 1 N–H and O–H groups in total. The fraction of sp³-hybridized carbons (Fsp3) is 0.381. The monoisotopic (exact) mass is 356 g/mol. The number of halogens is 1. The molecular weight excluding hydrogens is 331 g/mol. The van der Waals surface area contributed by atoms with Gasteiger partial charge in [0.15, 0.2) is 0 Å². The van der Waals surface area contributed by atoms with E-state index in [2.05, 4.69) is 10.2 Å². The van der Waals surface area contributed by atoms with Gasteiger partial charge in [0, 0.05) is 12.5 Å². The molecule has 0 heterocycles. The van der Waals surface area contributed by atoms with Crippen LogP contribution in [0.5, 0.6) is 5.75 Å². The summed E-state index contributed by atoms with van der Waals surface area (Å²) in [6, 6.07) is 14.4. The zero-order valence-corrected chi connectivity index (χ0v) is 15.4. The molecule has 0 aromatic heterocycles. The first-order valence-electron chi connectivity index (χ1n) is 8.83. The third kappa shape index (κ3) is 4.22. The predicted octanol–water partition coefficient (Wildman–Crippen LogP) is 3.36. The van der Waals surface area contributed by atoms with E-state index >= 15 is 0 Å². The second-order valence-corrected chi connectivity index (χ2v) is 7.00. The number of carbonyl (C=O) groups is 1. The van der Waals surface area contributed by atoms with E-state index in [-0.39, 0.29) is 29.6 Å². The standard InChI is InChI=1S/C21H25FN2O2/c1-24(2)20(15-5-4-6-17(11-15)26-3)13-23-21(25)19-12-18(19)14-7-9-16(22)10-8-14/h4-11,18-20H,12-13H2,1-3H3,(H,23,25). The van der Waals surface area contributed by atoms with E-state index in [9.17, 15) is 9.18 Å². The third-order valence-electron chi connectivity index (χ3n) is 5.00. The summed E-state index contributed by atoms with van der Waals surface area (Å²) in [6.45, 7) is 0.533. The summed E-state index contributed by atoms with van der Waals surface area (Å²) in [5, 5.41) is 3.08. The van der Waals surface area contributed by atoms with Gasteiger partial charge in [-0.3, -0.25) is 4.79 Å². The highest BCUT2D eigenvalue weighted by Gasteiger charge is 2.43. The van der Waals surface area contributed by atoms with E-state index in [0.717, 1.165) is 23.3 Å². The highest BCUT2D eigenvalue weighted by molar-refractivity contribution is 5.82. The minimum atomic E-state index is -0.248. The van der Waals surface area contributed by atoms with Gasteiger partial charge in [-0.05, 0) is 61.8 Å². The Kier molecular flexibility index (Phi) is 5.57. The molecule has 1 fully saturated rings. The van der Waals surface area contributed by atoms with Crippen molar-refractivity contribution in [1.82, 2.24) is 10.2 Å². The molecule has 1 aliphatic rings. The molecule has 4 nitrogen and oxygen atoms in total. The molecule has 26 heavy (non-hydrogen) atoms. The van der Waals surface area contributed by atoms with Gasteiger partial charge in [0.1, 0.15) is 11.6 Å². The van der Waals surface area contributed by atoms with Gasteiger partial charge in [-0.25, -0.2) is 4.39 Å². The van der Waals surface area contributed by atoms with Crippen LogP contribution in [0.1, 0.15) is 29.5 Å². The smallest absolute Gasteiger partial charge is 0.223 e. The van der Waals surface area contributed by atoms with E-state index in [0.29, 0.717) is 6.54 Å². The van der Waals surface area contributed by atoms with Crippen LogP contribution in [-0.2, 0) is 4.79 Å². The van der Waals surface area contributed by atoms with Crippen LogP contribution in [0.2, 0.25) is 0 Å². The molecule has 0 spiro atoms. The van der Waals surface area contributed by atoms with Crippen LogP contribution in [0.4, 0.5) is 4.39 Å². The fourth-order valence-electron chi connectivity index (χ4n) is 3.34. The normalized spacial score (nSPS) is 19.9. The second kappa shape index (κ2) is 7.87. The van der Waals surface area contributed by atoms with Crippen LogP contribution in [0.15, 0.2) is 48.5 Å². The molecule has 0 radical (unpaired) electrons. The number of rotatable bonds is 7. The number of amides is 1. The summed E-state index contributed by atoms with van der Waals surface area (Å²) < 4.78 is 18.3. The number of hydrogen-bond donors (Lipinski definition) is 1. The van der Waals surface area contributed by atoms with Gasteiger partial charge in [0.05, 0.1) is 13.2 Å². The summed E-state index contributed by atoms with van der Waals surface area (Å²) in [4.78, 5) is 14.6. The number of likely N-dealkylation sites (N-methyl/N-ethyl adjacent to an activating group) is 1. The van der Waals surface area contributed by atoms with Crippen molar-refractivity contribution >= 4 is 5.91 Å². The number of benzene rings is 2. The Balaban J connectivity index is 1.59. The largest absolute Gasteiger partial charge is 0.497 e. The summed E-state index contributed by atoms with van der Waals surface area (Å²) in [7, 11) is 5.64. The molecule has 0 aliphatic heterocycles. The van der Waals surface area contributed by atoms with E-state index in [1.54, 1.807) is 19.2 Å². The Morgan fingerprint density at radius 1 is 1.27 bits per heavy atom. The molecule has 0 saturated heterocycles. The van der Waals surface area contributed by atoms with Gasteiger partial charge in [-0.1, -0.05) is 24.3 Å². The van der Waals surface area contributed by atoms with E-state index in [1.165, 1.54) is 12.1 Å². The maximum Gasteiger partial charge on any atom is 0.223 e. The maximum absolute atomic E-state index is 13.0. The van der Waals surface area contributed by atoms with Gasteiger partial charge in [-0.2, -0.15) is 0 Å². The molecule has 1 aliphatic carbocycles.